The minimum absolute atomic E-state index is 0.329. The van der Waals surface area contributed by atoms with Crippen molar-refractivity contribution in [3.8, 4) is 17.2 Å². The maximum atomic E-state index is 6.02. The van der Waals surface area contributed by atoms with Crippen LogP contribution in [0, 0.1) is 6.92 Å². The van der Waals surface area contributed by atoms with E-state index in [-0.39, 0.29) is 0 Å². The Morgan fingerprint density at radius 1 is 1.04 bits per heavy atom. The second-order valence-corrected chi connectivity index (χ2v) is 7.46. The van der Waals surface area contributed by atoms with E-state index in [0.29, 0.717) is 24.2 Å². The zero-order chi connectivity index (χ0) is 19.8. The summed E-state index contributed by atoms with van der Waals surface area (Å²) in [6, 6.07) is 13.1. The van der Waals surface area contributed by atoms with Gasteiger partial charge in [0.2, 0.25) is 5.16 Å². The zero-order valence-electron chi connectivity index (χ0n) is 15.8. The van der Waals surface area contributed by atoms with Gasteiger partial charge in [-0.25, -0.2) is 4.98 Å². The van der Waals surface area contributed by atoms with Crippen LogP contribution in [0.25, 0.3) is 0 Å². The lowest BCUT2D eigenvalue weighted by atomic mass is 10.2. The first-order chi connectivity index (χ1) is 13.6. The molecule has 148 valence electrons. The summed E-state index contributed by atoms with van der Waals surface area (Å²) in [5.41, 5.74) is 0.977. The van der Waals surface area contributed by atoms with Crippen LogP contribution in [-0.2, 0) is 6.61 Å². The topological polar surface area (TPSA) is 69.3 Å². The molecule has 0 bridgehead atoms. The third kappa shape index (κ3) is 6.07. The van der Waals surface area contributed by atoms with Gasteiger partial charge in [0.05, 0.1) is 13.7 Å². The smallest absolute Gasteiger partial charge is 0.208 e. The predicted molar refractivity (Wildman–Crippen MR) is 111 cm³/mol. The number of H-pyrrole nitrogens is 1. The first-order valence-electron chi connectivity index (χ1n) is 8.84. The van der Waals surface area contributed by atoms with E-state index < -0.39 is 0 Å². The molecule has 6 nitrogen and oxygen atoms in total. The summed E-state index contributed by atoms with van der Waals surface area (Å²) in [5.74, 6) is 3.96. The van der Waals surface area contributed by atoms with E-state index in [9.17, 15) is 0 Å². The number of benzene rings is 2. The van der Waals surface area contributed by atoms with Gasteiger partial charge >= 0.3 is 0 Å². The average molecular weight is 420 g/mol. The van der Waals surface area contributed by atoms with Gasteiger partial charge < -0.3 is 14.2 Å². The van der Waals surface area contributed by atoms with Crippen molar-refractivity contribution in [1.29, 1.82) is 0 Å². The molecule has 3 aromatic rings. The molecular formula is C20H22ClN3O3S. The molecule has 2 aromatic carbocycles. The van der Waals surface area contributed by atoms with Crippen LogP contribution in [0.15, 0.2) is 47.6 Å². The van der Waals surface area contributed by atoms with E-state index in [2.05, 4.69) is 15.2 Å². The van der Waals surface area contributed by atoms with Crippen LogP contribution in [0.5, 0.6) is 17.2 Å². The molecule has 0 saturated heterocycles. The molecule has 0 atom stereocenters. The summed E-state index contributed by atoms with van der Waals surface area (Å²) in [4.78, 5) is 4.43. The molecule has 0 radical (unpaired) electrons. The van der Waals surface area contributed by atoms with Gasteiger partial charge in [0.15, 0.2) is 5.82 Å². The summed E-state index contributed by atoms with van der Waals surface area (Å²) in [6.45, 7) is 2.90. The van der Waals surface area contributed by atoms with Crippen molar-refractivity contribution in [3.63, 3.8) is 0 Å². The van der Waals surface area contributed by atoms with Gasteiger partial charge in [0.25, 0.3) is 0 Å². The minimum Gasteiger partial charge on any atom is -0.497 e. The SMILES string of the molecule is COc1ccc(OCCCSc2n[nH]c(COc3ccc(Cl)c(C)c3)n2)cc1. The Balaban J connectivity index is 1.35. The quantitative estimate of drug-likeness (QED) is 0.371. The van der Waals surface area contributed by atoms with Crippen molar-refractivity contribution in [3.05, 3.63) is 58.9 Å². The fourth-order valence-corrected chi connectivity index (χ4v) is 3.20. The summed E-state index contributed by atoms with van der Waals surface area (Å²) in [7, 11) is 1.65. The minimum atomic E-state index is 0.329. The van der Waals surface area contributed by atoms with Gasteiger partial charge in [-0.2, -0.15) is 0 Å². The zero-order valence-corrected chi connectivity index (χ0v) is 17.3. The maximum absolute atomic E-state index is 6.02. The predicted octanol–water partition coefficient (Wildman–Crippen LogP) is 4.92. The van der Waals surface area contributed by atoms with Crippen molar-refractivity contribution in [2.75, 3.05) is 19.5 Å². The van der Waals surface area contributed by atoms with Crippen molar-refractivity contribution < 1.29 is 14.2 Å². The third-order valence-electron chi connectivity index (χ3n) is 3.86. The molecule has 28 heavy (non-hydrogen) atoms. The lowest BCUT2D eigenvalue weighted by Crippen LogP contribution is -1.99. The van der Waals surface area contributed by atoms with Crippen molar-refractivity contribution >= 4 is 23.4 Å². The Hall–Kier alpha value is -2.38. The summed E-state index contributed by atoms with van der Waals surface area (Å²) >= 11 is 7.60. The van der Waals surface area contributed by atoms with Crippen LogP contribution >= 0.6 is 23.4 Å². The fourth-order valence-electron chi connectivity index (χ4n) is 2.35. The highest BCUT2D eigenvalue weighted by atomic mass is 35.5. The number of aromatic amines is 1. The number of ether oxygens (including phenoxy) is 3. The van der Waals surface area contributed by atoms with E-state index in [1.807, 2.05) is 49.4 Å². The standard InChI is InChI=1S/C20H22ClN3O3S/c1-14-12-17(8-9-18(14)21)27-13-19-22-20(24-23-19)28-11-3-10-26-16-6-4-15(25-2)5-7-16/h4-9,12H,3,10-11,13H2,1-2H3,(H,22,23,24). The molecule has 0 unspecified atom stereocenters. The Kier molecular flexibility index (Phi) is 7.45. The largest absolute Gasteiger partial charge is 0.497 e. The molecule has 8 heteroatoms. The van der Waals surface area contributed by atoms with Crippen molar-refractivity contribution in [2.24, 2.45) is 0 Å². The van der Waals surface area contributed by atoms with Crippen LogP contribution in [-0.4, -0.2) is 34.7 Å². The van der Waals surface area contributed by atoms with Crippen LogP contribution in [0.2, 0.25) is 5.02 Å². The molecule has 1 N–H and O–H groups in total. The number of thioether (sulfide) groups is 1. The van der Waals surface area contributed by atoms with E-state index in [1.165, 1.54) is 0 Å². The maximum Gasteiger partial charge on any atom is 0.208 e. The number of hydrogen-bond donors (Lipinski definition) is 1. The van der Waals surface area contributed by atoms with Crippen molar-refractivity contribution in [1.82, 2.24) is 15.2 Å². The first kappa shape index (κ1) is 20.4. The third-order valence-corrected chi connectivity index (χ3v) is 5.22. The average Bonchev–Trinajstić information content (AvgIpc) is 3.17. The fraction of sp³-hybridized carbons (Fsp3) is 0.300. The molecule has 0 spiro atoms. The van der Waals surface area contributed by atoms with Crippen LogP contribution in [0.4, 0.5) is 0 Å². The molecule has 1 aromatic heterocycles. The number of hydrogen-bond acceptors (Lipinski definition) is 6. The van der Waals surface area contributed by atoms with Gasteiger partial charge in [0.1, 0.15) is 23.9 Å². The second kappa shape index (κ2) is 10.2. The lowest BCUT2D eigenvalue weighted by molar-refractivity contribution is 0.296. The van der Waals surface area contributed by atoms with E-state index in [0.717, 1.165) is 40.0 Å². The van der Waals surface area contributed by atoms with Crippen molar-refractivity contribution in [2.45, 2.75) is 25.1 Å². The van der Waals surface area contributed by atoms with Gasteiger partial charge in [-0.3, -0.25) is 5.10 Å². The molecule has 0 saturated carbocycles. The number of rotatable bonds is 10. The number of methoxy groups -OCH3 is 1. The molecule has 0 aliphatic heterocycles. The summed E-state index contributed by atoms with van der Waals surface area (Å²) in [5, 5.41) is 8.54. The summed E-state index contributed by atoms with van der Waals surface area (Å²) in [6.07, 6.45) is 0.890. The molecule has 0 fully saturated rings. The normalized spacial score (nSPS) is 10.7. The highest BCUT2D eigenvalue weighted by Gasteiger charge is 2.06. The van der Waals surface area contributed by atoms with Gasteiger partial charge in [-0.05, 0) is 61.4 Å². The molecular weight excluding hydrogens is 398 g/mol. The number of nitrogens with one attached hydrogen (secondary N) is 1. The Morgan fingerprint density at radius 2 is 1.79 bits per heavy atom. The van der Waals surface area contributed by atoms with E-state index in [1.54, 1.807) is 18.9 Å². The Labute approximate surface area is 173 Å². The van der Waals surface area contributed by atoms with Gasteiger partial charge in [-0.1, -0.05) is 23.4 Å². The first-order valence-corrected chi connectivity index (χ1v) is 10.2. The monoisotopic (exact) mass is 419 g/mol. The Bertz CT molecular complexity index is 887. The Morgan fingerprint density at radius 3 is 2.54 bits per heavy atom. The number of halogens is 1. The van der Waals surface area contributed by atoms with E-state index >= 15 is 0 Å². The van der Waals surface area contributed by atoms with Gasteiger partial charge in [0, 0.05) is 10.8 Å². The second-order valence-electron chi connectivity index (χ2n) is 5.99. The molecule has 1 heterocycles. The number of nitrogens with zero attached hydrogens (tertiary/aromatic N) is 2. The van der Waals surface area contributed by atoms with Crippen LogP contribution in [0.1, 0.15) is 17.8 Å². The lowest BCUT2D eigenvalue weighted by Gasteiger charge is -2.06. The highest BCUT2D eigenvalue weighted by Crippen LogP contribution is 2.22. The number of aryl methyl sites for hydroxylation is 1. The summed E-state index contributed by atoms with van der Waals surface area (Å²) < 4.78 is 16.6. The van der Waals surface area contributed by atoms with E-state index in [4.69, 9.17) is 25.8 Å². The molecule has 0 amide bonds. The molecule has 0 aliphatic carbocycles. The number of aromatic nitrogens is 3. The highest BCUT2D eigenvalue weighted by molar-refractivity contribution is 7.99. The molecule has 0 aliphatic rings. The van der Waals surface area contributed by atoms with Gasteiger partial charge in [-0.15, -0.1) is 5.10 Å². The van der Waals surface area contributed by atoms with Crippen LogP contribution in [0.3, 0.4) is 0 Å². The van der Waals surface area contributed by atoms with Crippen LogP contribution < -0.4 is 14.2 Å². The molecule has 3 rings (SSSR count).